The highest BCUT2D eigenvalue weighted by Crippen LogP contribution is 2.39. The smallest absolute Gasteiger partial charge is 0.339 e. The molecular formula is C23H25N2O3. The molecule has 1 fully saturated rings. The van der Waals surface area contributed by atoms with Crippen LogP contribution in [0.2, 0.25) is 0 Å². The number of aromatic nitrogens is 1. The summed E-state index contributed by atoms with van der Waals surface area (Å²) in [4.78, 5) is 18.0. The second-order valence-corrected chi connectivity index (χ2v) is 8.88. The third-order valence-electron chi connectivity index (χ3n) is 5.62. The van der Waals surface area contributed by atoms with Crippen molar-refractivity contribution in [3.8, 4) is 0 Å². The quantitative estimate of drug-likeness (QED) is 0.470. The Morgan fingerprint density at radius 3 is 1.89 bits per heavy atom. The number of nitrogens with zero attached hydrogens (tertiary/aromatic N) is 2. The number of rotatable bonds is 2. The van der Waals surface area contributed by atoms with Crippen molar-refractivity contribution in [1.82, 2.24) is 10.0 Å². The summed E-state index contributed by atoms with van der Waals surface area (Å²) in [6, 6.07) is 15.2. The molecule has 4 rings (SSSR count). The molecule has 1 saturated heterocycles. The number of piperidine rings is 1. The van der Waals surface area contributed by atoms with E-state index in [2.05, 4.69) is 4.98 Å². The zero-order chi connectivity index (χ0) is 20.1. The molecule has 1 aromatic heterocycles. The number of benzene rings is 2. The Kier molecular flexibility index (Phi) is 4.40. The third kappa shape index (κ3) is 3.15. The summed E-state index contributed by atoms with van der Waals surface area (Å²) in [5.74, 6) is -0.356. The minimum Gasteiger partial charge on any atom is -0.459 e. The first-order chi connectivity index (χ1) is 13.2. The fourth-order valence-electron chi connectivity index (χ4n) is 4.53. The second kappa shape index (κ2) is 6.54. The summed E-state index contributed by atoms with van der Waals surface area (Å²) in [7, 11) is 0. The van der Waals surface area contributed by atoms with Gasteiger partial charge in [0.05, 0.1) is 16.6 Å². The lowest BCUT2D eigenvalue weighted by Crippen LogP contribution is -2.60. The molecule has 1 aliphatic heterocycles. The highest BCUT2D eigenvalue weighted by atomic mass is 16.5. The number of esters is 1. The number of fused-ring (bicyclic) bond motifs is 2. The van der Waals surface area contributed by atoms with Crippen LogP contribution in [0.15, 0.2) is 48.5 Å². The van der Waals surface area contributed by atoms with Crippen molar-refractivity contribution in [3.05, 3.63) is 54.1 Å². The summed E-state index contributed by atoms with van der Waals surface area (Å²) in [5.41, 5.74) is 0.900. The van der Waals surface area contributed by atoms with E-state index in [1.165, 1.54) is 0 Å². The topological polar surface area (TPSA) is 62.3 Å². The molecule has 0 N–H and O–H groups in total. The van der Waals surface area contributed by atoms with Crippen LogP contribution in [-0.2, 0) is 9.94 Å². The van der Waals surface area contributed by atoms with Gasteiger partial charge in [0, 0.05) is 34.7 Å². The van der Waals surface area contributed by atoms with Crippen LogP contribution in [0.25, 0.3) is 21.8 Å². The largest absolute Gasteiger partial charge is 0.459 e. The lowest BCUT2D eigenvalue weighted by molar-refractivity contribution is -0.298. The minimum absolute atomic E-state index is 0.312. The van der Waals surface area contributed by atoms with Gasteiger partial charge >= 0.3 is 5.97 Å². The normalized spacial score (nSPS) is 19.8. The van der Waals surface area contributed by atoms with Crippen molar-refractivity contribution in [2.45, 2.75) is 57.7 Å². The lowest BCUT2D eigenvalue weighted by atomic mass is 9.80. The number of para-hydroxylation sites is 2. The predicted octanol–water partition coefficient (Wildman–Crippen LogP) is 4.91. The van der Waals surface area contributed by atoms with Gasteiger partial charge < -0.3 is 4.74 Å². The van der Waals surface area contributed by atoms with Crippen LogP contribution in [0.1, 0.15) is 50.9 Å². The van der Waals surface area contributed by atoms with Gasteiger partial charge in [-0.1, -0.05) is 36.4 Å². The van der Waals surface area contributed by atoms with Gasteiger partial charge in [-0.25, -0.2) is 9.78 Å². The Balaban J connectivity index is 1.75. The maximum atomic E-state index is 13.3. The van der Waals surface area contributed by atoms with Crippen LogP contribution >= 0.6 is 0 Å². The number of hydrogen-bond donors (Lipinski definition) is 0. The summed E-state index contributed by atoms with van der Waals surface area (Å²) < 4.78 is 5.98. The van der Waals surface area contributed by atoms with E-state index >= 15 is 0 Å². The molecule has 0 spiro atoms. The third-order valence-corrected chi connectivity index (χ3v) is 5.62. The standard InChI is InChI=1S/C23H25N2O3/c1-22(2)13-15(14-23(3,4)25(22)27)28-21(26)20-16-9-5-7-11-18(16)24-19-12-8-6-10-17(19)20/h5-12,15H,13-14H2,1-4H3. The molecule has 0 aliphatic carbocycles. The summed E-state index contributed by atoms with van der Waals surface area (Å²) in [6.07, 6.45) is 0.701. The molecule has 0 unspecified atom stereocenters. The van der Waals surface area contributed by atoms with Gasteiger partial charge in [0.1, 0.15) is 6.10 Å². The zero-order valence-corrected chi connectivity index (χ0v) is 16.7. The minimum atomic E-state index is -0.588. The zero-order valence-electron chi connectivity index (χ0n) is 16.7. The van der Waals surface area contributed by atoms with E-state index in [9.17, 15) is 10.0 Å². The van der Waals surface area contributed by atoms with E-state index in [1.54, 1.807) is 0 Å². The van der Waals surface area contributed by atoms with Gasteiger partial charge in [-0.3, -0.25) is 0 Å². The molecule has 145 valence electrons. The molecule has 1 aliphatic rings. The molecule has 0 atom stereocenters. The number of ether oxygens (including phenoxy) is 1. The molecule has 2 heterocycles. The van der Waals surface area contributed by atoms with Crippen molar-refractivity contribution < 1.29 is 14.7 Å². The highest BCUT2D eigenvalue weighted by molar-refractivity contribution is 6.14. The molecular weight excluding hydrogens is 352 g/mol. The molecule has 5 nitrogen and oxygen atoms in total. The number of pyridine rings is 1. The molecule has 1 radical (unpaired) electrons. The van der Waals surface area contributed by atoms with Crippen LogP contribution in [0.4, 0.5) is 0 Å². The van der Waals surface area contributed by atoms with Crippen molar-refractivity contribution in [3.63, 3.8) is 0 Å². The van der Waals surface area contributed by atoms with Crippen molar-refractivity contribution in [1.29, 1.82) is 0 Å². The number of hydrogen-bond acceptors (Lipinski definition) is 4. The molecule has 0 amide bonds. The van der Waals surface area contributed by atoms with E-state index in [1.807, 2.05) is 76.2 Å². The first kappa shape index (κ1) is 18.8. The van der Waals surface area contributed by atoms with Gasteiger partial charge in [0.2, 0.25) is 0 Å². The van der Waals surface area contributed by atoms with Gasteiger partial charge in [-0.05, 0) is 39.8 Å². The van der Waals surface area contributed by atoms with Gasteiger partial charge in [-0.15, -0.1) is 10.3 Å². The molecule has 0 saturated carbocycles. The van der Waals surface area contributed by atoms with E-state index < -0.39 is 11.1 Å². The van der Waals surface area contributed by atoms with Gasteiger partial charge in [0.15, 0.2) is 0 Å². The van der Waals surface area contributed by atoms with Crippen LogP contribution in [-0.4, -0.2) is 33.2 Å². The van der Waals surface area contributed by atoms with E-state index in [-0.39, 0.29) is 12.1 Å². The molecule has 3 aromatic rings. The van der Waals surface area contributed by atoms with Crippen molar-refractivity contribution >= 4 is 27.8 Å². The van der Waals surface area contributed by atoms with Crippen LogP contribution in [0.3, 0.4) is 0 Å². The summed E-state index contributed by atoms with van der Waals surface area (Å²) in [5, 5.41) is 15.3. The summed E-state index contributed by atoms with van der Waals surface area (Å²) in [6.45, 7) is 7.61. The SMILES string of the molecule is CC1(C)CC(OC(=O)c2c3ccccc3nc3ccccc23)CC(C)(C)N1[O]. The Morgan fingerprint density at radius 2 is 1.39 bits per heavy atom. The molecule has 0 bridgehead atoms. The van der Waals surface area contributed by atoms with Crippen LogP contribution < -0.4 is 0 Å². The number of hydroxylamine groups is 2. The Labute approximate surface area is 164 Å². The highest BCUT2D eigenvalue weighted by Gasteiger charge is 2.47. The maximum absolute atomic E-state index is 13.3. The van der Waals surface area contributed by atoms with Crippen molar-refractivity contribution in [2.75, 3.05) is 0 Å². The fourth-order valence-corrected chi connectivity index (χ4v) is 4.53. The first-order valence-corrected chi connectivity index (χ1v) is 9.65. The van der Waals surface area contributed by atoms with E-state index in [0.29, 0.717) is 18.4 Å². The second-order valence-electron chi connectivity index (χ2n) is 8.88. The Morgan fingerprint density at radius 1 is 0.929 bits per heavy atom. The van der Waals surface area contributed by atoms with Crippen molar-refractivity contribution in [2.24, 2.45) is 0 Å². The lowest BCUT2D eigenvalue weighted by Gasteiger charge is -2.49. The number of carbonyl (C=O) groups excluding carboxylic acids is 1. The van der Waals surface area contributed by atoms with E-state index in [0.717, 1.165) is 26.9 Å². The van der Waals surface area contributed by atoms with Crippen LogP contribution in [0.5, 0.6) is 0 Å². The molecule has 5 heteroatoms. The molecule has 2 aromatic carbocycles. The maximum Gasteiger partial charge on any atom is 0.339 e. The summed E-state index contributed by atoms with van der Waals surface area (Å²) >= 11 is 0. The van der Waals surface area contributed by atoms with Crippen LogP contribution in [0, 0.1) is 0 Å². The Hall–Kier alpha value is -2.50. The van der Waals surface area contributed by atoms with E-state index in [4.69, 9.17) is 4.74 Å². The number of carbonyl (C=O) groups is 1. The molecule has 28 heavy (non-hydrogen) atoms. The van der Waals surface area contributed by atoms with Gasteiger partial charge in [-0.2, -0.15) is 0 Å². The first-order valence-electron chi connectivity index (χ1n) is 9.65. The van der Waals surface area contributed by atoms with Gasteiger partial charge in [0.25, 0.3) is 0 Å². The fraction of sp³-hybridized carbons (Fsp3) is 0.391. The Bertz CT molecular complexity index is 986. The average molecular weight is 377 g/mol. The average Bonchev–Trinajstić information content (AvgIpc) is 2.63. The predicted molar refractivity (Wildman–Crippen MR) is 108 cm³/mol. The monoisotopic (exact) mass is 377 g/mol.